The van der Waals surface area contributed by atoms with Crippen molar-refractivity contribution < 1.29 is 4.74 Å². The van der Waals surface area contributed by atoms with E-state index in [4.69, 9.17) is 10.00 Å². The number of aromatic nitrogens is 1. The maximum atomic E-state index is 11.6. The Hall–Kier alpha value is -1.60. The van der Waals surface area contributed by atoms with Crippen molar-refractivity contribution in [3.63, 3.8) is 0 Å². The summed E-state index contributed by atoms with van der Waals surface area (Å²) < 4.78 is 6.82. The van der Waals surface area contributed by atoms with E-state index >= 15 is 0 Å². The highest BCUT2D eigenvalue weighted by atomic mass is 16.5. The first kappa shape index (κ1) is 11.5. The molecule has 0 spiro atoms. The van der Waals surface area contributed by atoms with Crippen LogP contribution in [0.15, 0.2) is 23.1 Å². The van der Waals surface area contributed by atoms with Gasteiger partial charge in [0, 0.05) is 12.7 Å². The molecule has 4 heteroatoms. The van der Waals surface area contributed by atoms with Crippen molar-refractivity contribution in [1.82, 2.24) is 4.57 Å². The van der Waals surface area contributed by atoms with Crippen LogP contribution in [0.3, 0.4) is 0 Å². The highest BCUT2D eigenvalue weighted by Crippen LogP contribution is 1.92. The average Bonchev–Trinajstić information content (AvgIpc) is 2.20. The Morgan fingerprint density at radius 3 is 2.93 bits per heavy atom. The van der Waals surface area contributed by atoms with Crippen molar-refractivity contribution in [3.05, 3.63) is 34.2 Å². The van der Waals surface area contributed by atoms with E-state index in [2.05, 4.69) is 0 Å². The summed E-state index contributed by atoms with van der Waals surface area (Å²) in [5.74, 6) is 0. The Morgan fingerprint density at radius 1 is 1.60 bits per heavy atom. The minimum absolute atomic E-state index is 0.153. The number of hydrogen-bond donors (Lipinski definition) is 0. The average molecular weight is 206 g/mol. The summed E-state index contributed by atoms with van der Waals surface area (Å²) in [6.45, 7) is 4.84. The van der Waals surface area contributed by atoms with Crippen LogP contribution in [0.1, 0.15) is 19.4 Å². The lowest BCUT2D eigenvalue weighted by Gasteiger charge is -2.08. The van der Waals surface area contributed by atoms with E-state index in [9.17, 15) is 4.79 Å². The van der Waals surface area contributed by atoms with Crippen molar-refractivity contribution in [2.24, 2.45) is 0 Å². The molecule has 0 radical (unpaired) electrons. The van der Waals surface area contributed by atoms with Crippen LogP contribution >= 0.6 is 0 Å². The van der Waals surface area contributed by atoms with Gasteiger partial charge in [-0.2, -0.15) is 5.26 Å². The van der Waals surface area contributed by atoms with E-state index in [0.29, 0.717) is 13.2 Å². The maximum absolute atomic E-state index is 11.6. The van der Waals surface area contributed by atoms with Crippen molar-refractivity contribution in [3.8, 4) is 6.07 Å². The fourth-order valence-corrected chi connectivity index (χ4v) is 1.18. The number of nitrogens with zero attached hydrogens (tertiary/aromatic N) is 2. The van der Waals surface area contributed by atoms with Gasteiger partial charge in [0.05, 0.1) is 12.7 Å². The van der Waals surface area contributed by atoms with Gasteiger partial charge in [0.1, 0.15) is 11.6 Å². The monoisotopic (exact) mass is 206 g/mol. The molecule has 0 saturated heterocycles. The van der Waals surface area contributed by atoms with Gasteiger partial charge in [0.15, 0.2) is 0 Å². The van der Waals surface area contributed by atoms with Crippen LogP contribution in [0.2, 0.25) is 0 Å². The van der Waals surface area contributed by atoms with E-state index in [-0.39, 0.29) is 17.2 Å². The van der Waals surface area contributed by atoms with Gasteiger partial charge >= 0.3 is 0 Å². The highest BCUT2D eigenvalue weighted by molar-refractivity contribution is 5.24. The van der Waals surface area contributed by atoms with Gasteiger partial charge in [0.25, 0.3) is 5.56 Å². The van der Waals surface area contributed by atoms with Crippen molar-refractivity contribution in [1.29, 1.82) is 5.26 Å². The van der Waals surface area contributed by atoms with Gasteiger partial charge in [-0.05, 0) is 26.0 Å². The van der Waals surface area contributed by atoms with Crippen molar-refractivity contribution in [2.75, 3.05) is 6.61 Å². The summed E-state index contributed by atoms with van der Waals surface area (Å²) in [5.41, 5.74) is -0.0885. The SMILES string of the molecule is CC(C)OCCn1cccc(C#N)c1=O. The second-order valence-corrected chi connectivity index (χ2v) is 3.45. The molecule has 0 aliphatic carbocycles. The van der Waals surface area contributed by atoms with Gasteiger partial charge in [-0.1, -0.05) is 0 Å². The fraction of sp³-hybridized carbons (Fsp3) is 0.455. The molecule has 4 nitrogen and oxygen atoms in total. The number of hydrogen-bond acceptors (Lipinski definition) is 3. The minimum atomic E-state index is -0.257. The standard InChI is InChI=1S/C11H14N2O2/c1-9(2)15-7-6-13-5-3-4-10(8-12)11(13)14/h3-5,9H,6-7H2,1-2H3. The zero-order chi connectivity index (χ0) is 11.3. The molecule has 0 unspecified atom stereocenters. The third-order valence-electron chi connectivity index (χ3n) is 1.92. The molecule has 0 atom stereocenters. The number of rotatable bonds is 4. The van der Waals surface area contributed by atoms with Crippen LogP contribution < -0.4 is 5.56 Å². The van der Waals surface area contributed by atoms with Gasteiger partial charge in [-0.25, -0.2) is 0 Å². The zero-order valence-electron chi connectivity index (χ0n) is 8.93. The van der Waals surface area contributed by atoms with E-state index < -0.39 is 0 Å². The lowest BCUT2D eigenvalue weighted by atomic mass is 10.3. The summed E-state index contributed by atoms with van der Waals surface area (Å²) in [5, 5.41) is 8.66. The van der Waals surface area contributed by atoms with E-state index in [1.54, 1.807) is 12.3 Å². The lowest BCUT2D eigenvalue weighted by Crippen LogP contribution is -2.24. The summed E-state index contributed by atoms with van der Waals surface area (Å²) in [7, 11) is 0. The second-order valence-electron chi connectivity index (χ2n) is 3.45. The third-order valence-corrected chi connectivity index (χ3v) is 1.92. The molecular weight excluding hydrogens is 192 g/mol. The van der Waals surface area contributed by atoms with Crippen LogP contribution in [0.4, 0.5) is 0 Å². The second kappa shape index (κ2) is 5.32. The Labute approximate surface area is 88.7 Å². The fourth-order valence-electron chi connectivity index (χ4n) is 1.18. The number of nitriles is 1. The van der Waals surface area contributed by atoms with Crippen molar-refractivity contribution >= 4 is 0 Å². The molecule has 80 valence electrons. The Morgan fingerprint density at radius 2 is 2.33 bits per heavy atom. The van der Waals surface area contributed by atoms with Gasteiger partial charge in [-0.15, -0.1) is 0 Å². The van der Waals surface area contributed by atoms with Crippen LogP contribution in [-0.4, -0.2) is 17.3 Å². The Kier molecular flexibility index (Phi) is 4.07. The maximum Gasteiger partial charge on any atom is 0.268 e. The minimum Gasteiger partial charge on any atom is -0.377 e. The van der Waals surface area contributed by atoms with Crippen LogP contribution in [0.5, 0.6) is 0 Å². The number of pyridine rings is 1. The van der Waals surface area contributed by atoms with Crippen LogP contribution in [0, 0.1) is 11.3 Å². The summed E-state index contributed by atoms with van der Waals surface area (Å²) in [4.78, 5) is 11.6. The molecule has 0 bridgehead atoms. The van der Waals surface area contributed by atoms with Gasteiger partial charge < -0.3 is 9.30 Å². The van der Waals surface area contributed by atoms with Gasteiger partial charge in [-0.3, -0.25) is 4.79 Å². The van der Waals surface area contributed by atoms with Crippen LogP contribution in [0.25, 0.3) is 0 Å². The molecule has 0 fully saturated rings. The summed E-state index contributed by atoms with van der Waals surface area (Å²) in [6, 6.07) is 5.07. The van der Waals surface area contributed by atoms with Gasteiger partial charge in [0.2, 0.25) is 0 Å². The first-order valence-corrected chi connectivity index (χ1v) is 4.86. The molecule has 1 heterocycles. The largest absolute Gasteiger partial charge is 0.377 e. The molecule has 0 amide bonds. The zero-order valence-corrected chi connectivity index (χ0v) is 8.93. The van der Waals surface area contributed by atoms with E-state index in [0.717, 1.165) is 0 Å². The molecular formula is C11H14N2O2. The molecule has 0 aliphatic rings. The molecule has 1 aromatic heterocycles. The molecule has 0 saturated carbocycles. The Bertz CT molecular complexity index is 415. The Balaban J connectivity index is 2.71. The normalized spacial score (nSPS) is 10.3. The molecule has 0 aliphatic heterocycles. The predicted octanol–water partition coefficient (Wildman–Crippen LogP) is 1.14. The van der Waals surface area contributed by atoms with E-state index in [1.807, 2.05) is 19.9 Å². The van der Waals surface area contributed by atoms with Crippen LogP contribution in [-0.2, 0) is 11.3 Å². The summed E-state index contributed by atoms with van der Waals surface area (Å²) in [6.07, 6.45) is 1.81. The molecule has 0 N–H and O–H groups in total. The van der Waals surface area contributed by atoms with Crippen molar-refractivity contribution in [2.45, 2.75) is 26.5 Å². The smallest absolute Gasteiger partial charge is 0.268 e. The molecule has 15 heavy (non-hydrogen) atoms. The third kappa shape index (κ3) is 3.22. The molecule has 1 aromatic rings. The first-order chi connectivity index (χ1) is 7.15. The highest BCUT2D eigenvalue weighted by Gasteiger charge is 2.01. The number of ether oxygens (including phenoxy) is 1. The molecule has 0 aromatic carbocycles. The topological polar surface area (TPSA) is 55.0 Å². The molecule has 1 rings (SSSR count). The summed E-state index contributed by atoms with van der Waals surface area (Å²) >= 11 is 0. The predicted molar refractivity (Wildman–Crippen MR) is 56.5 cm³/mol. The van der Waals surface area contributed by atoms with E-state index in [1.165, 1.54) is 10.6 Å². The quantitative estimate of drug-likeness (QED) is 0.742. The lowest BCUT2D eigenvalue weighted by molar-refractivity contribution is 0.0722. The first-order valence-electron chi connectivity index (χ1n) is 4.86.